The van der Waals surface area contributed by atoms with Crippen LogP contribution in [0.2, 0.25) is 0 Å². The molecule has 1 atom stereocenters. The van der Waals surface area contributed by atoms with E-state index in [4.69, 9.17) is 4.74 Å². The van der Waals surface area contributed by atoms with E-state index in [1.807, 2.05) is 20.8 Å². The molecular weight excluding hydrogens is 415 g/mol. The number of alkyl halides is 1. The van der Waals surface area contributed by atoms with Crippen molar-refractivity contribution >= 4 is 11.8 Å². The number of hydrogen-bond donors (Lipinski definition) is 0. The molecule has 0 spiro atoms. The summed E-state index contributed by atoms with van der Waals surface area (Å²) in [6.07, 6.45) is 2.96. The molecule has 1 amide bonds. The van der Waals surface area contributed by atoms with E-state index in [0.717, 1.165) is 12.8 Å². The van der Waals surface area contributed by atoms with Crippen molar-refractivity contribution in [3.8, 4) is 0 Å². The number of carbonyl (C=O) groups excluding carboxylic acids is 1. The zero-order valence-electron chi connectivity index (χ0n) is 13.8. The first-order valence-electron chi connectivity index (χ1n) is 7.48. The van der Waals surface area contributed by atoms with Gasteiger partial charge in [-0.25, -0.2) is 0 Å². The maximum absolute atomic E-state index is 12.2. The molecule has 0 saturated carbocycles. The average molecular weight is 437 g/mol. The topological polar surface area (TPSA) is 90.5 Å². The zero-order chi connectivity index (χ0) is 17.2. The third kappa shape index (κ3) is 4.79. The fraction of sp³-hybridized carbons (Fsp3) is 0.714. The molecule has 0 N–H and O–H groups in total. The van der Waals surface area contributed by atoms with E-state index in [2.05, 4.69) is 5.10 Å². The summed E-state index contributed by atoms with van der Waals surface area (Å²) in [5, 5.41) is 15.0. The Hall–Kier alpha value is -1.39. The van der Waals surface area contributed by atoms with Gasteiger partial charge in [0.2, 0.25) is 0 Å². The summed E-state index contributed by atoms with van der Waals surface area (Å²) in [7, 11) is 0. The first-order chi connectivity index (χ1) is 10.7. The van der Waals surface area contributed by atoms with Crippen molar-refractivity contribution in [2.75, 3.05) is 13.1 Å². The van der Waals surface area contributed by atoms with Crippen LogP contribution in [0.5, 0.6) is 0 Å². The third-order valence-electron chi connectivity index (χ3n) is 3.37. The van der Waals surface area contributed by atoms with Gasteiger partial charge in [-0.2, -0.15) is 0 Å². The van der Waals surface area contributed by atoms with Crippen LogP contribution in [-0.4, -0.2) is 46.5 Å². The molecule has 8 nitrogen and oxygen atoms in total. The number of likely N-dealkylation sites (tertiary alicyclic amines) is 1. The molecule has 1 aromatic rings. The molecule has 1 aromatic heterocycles. The second kappa shape index (κ2) is 7.02. The zero-order valence-corrected chi connectivity index (χ0v) is 15.9. The summed E-state index contributed by atoms with van der Waals surface area (Å²) in [5.41, 5.74) is 0.153. The van der Waals surface area contributed by atoms with Crippen LogP contribution in [0.4, 0.5) is 10.5 Å². The maximum atomic E-state index is 12.2. The second-order valence-electron chi connectivity index (χ2n) is 6.50. The molecule has 0 aliphatic carbocycles. The summed E-state index contributed by atoms with van der Waals surface area (Å²) in [5.74, 6) is 0. The number of nitro groups is 1. The Morgan fingerprint density at radius 3 is 2.78 bits per heavy atom. The van der Waals surface area contributed by atoms with Crippen molar-refractivity contribution in [1.29, 1.82) is 0 Å². The van der Waals surface area contributed by atoms with Gasteiger partial charge in [-0.3, -0.25) is 0 Å². The Morgan fingerprint density at radius 2 is 2.22 bits per heavy atom. The molecule has 1 aliphatic heterocycles. The minimum atomic E-state index is -0.556. The monoisotopic (exact) mass is 437 g/mol. The van der Waals surface area contributed by atoms with Crippen molar-refractivity contribution in [2.45, 2.75) is 50.1 Å². The molecular formula is C14H22IN4O4-. The first-order valence-corrected chi connectivity index (χ1v) is 9.69. The molecule has 1 aliphatic rings. The third-order valence-corrected chi connectivity index (χ3v) is 6.68. The van der Waals surface area contributed by atoms with Crippen LogP contribution >= 0.6 is 0 Å². The fourth-order valence-corrected chi connectivity index (χ4v) is 5.34. The van der Waals surface area contributed by atoms with Crippen LogP contribution in [-0.2, 0) is 4.74 Å². The van der Waals surface area contributed by atoms with Gasteiger partial charge in [0.05, 0.1) is 0 Å². The number of carbonyl (C=O) groups is 1. The fourth-order valence-electron chi connectivity index (χ4n) is 2.29. The second-order valence-corrected chi connectivity index (χ2v) is 9.73. The van der Waals surface area contributed by atoms with Crippen LogP contribution in [0, 0.1) is 17.0 Å². The van der Waals surface area contributed by atoms with Gasteiger partial charge in [0.25, 0.3) is 0 Å². The van der Waals surface area contributed by atoms with Crippen molar-refractivity contribution < 1.29 is 35.9 Å². The summed E-state index contributed by atoms with van der Waals surface area (Å²) < 4.78 is 7.51. The van der Waals surface area contributed by atoms with Crippen LogP contribution in [0.25, 0.3) is 0 Å². The molecule has 23 heavy (non-hydrogen) atoms. The van der Waals surface area contributed by atoms with Crippen LogP contribution in [0.15, 0.2) is 6.20 Å². The number of rotatable bonds is 3. The molecule has 1 fully saturated rings. The molecule has 1 unspecified atom stereocenters. The van der Waals surface area contributed by atoms with E-state index in [0.29, 0.717) is 22.7 Å². The summed E-state index contributed by atoms with van der Waals surface area (Å²) in [6.45, 7) is 8.62. The van der Waals surface area contributed by atoms with Crippen molar-refractivity contribution in [1.82, 2.24) is 12.9 Å². The van der Waals surface area contributed by atoms with Gasteiger partial charge >= 0.3 is 146 Å². The van der Waals surface area contributed by atoms with E-state index in [1.165, 1.54) is 6.20 Å². The van der Waals surface area contributed by atoms with Gasteiger partial charge in [-0.15, -0.1) is 0 Å². The standard InChI is InChI=1S/C14H22IN4O4/c1-10-12(19(21)22)8-16-18(10)15-11-6-5-7-17(9-11)13(20)23-14(2,3)4/h8,11H,5-7,9H2,1-4H3/q-1. The summed E-state index contributed by atoms with van der Waals surface area (Å²) in [4.78, 5) is 24.4. The Morgan fingerprint density at radius 1 is 1.52 bits per heavy atom. The molecule has 2 heterocycles. The Bertz CT molecular complexity index is 596. The molecule has 9 heteroatoms. The van der Waals surface area contributed by atoms with Gasteiger partial charge in [0.15, 0.2) is 0 Å². The van der Waals surface area contributed by atoms with Gasteiger partial charge in [0, 0.05) is 0 Å². The minimum absolute atomic E-state index is 0.0597. The normalized spacial score (nSPS) is 19.0. The van der Waals surface area contributed by atoms with E-state index in [1.54, 1.807) is 14.7 Å². The number of piperidine rings is 1. The van der Waals surface area contributed by atoms with E-state index >= 15 is 0 Å². The average Bonchev–Trinajstić information content (AvgIpc) is 2.79. The number of halogens is 1. The number of aromatic nitrogens is 2. The molecule has 0 aromatic carbocycles. The van der Waals surface area contributed by atoms with Crippen LogP contribution < -0.4 is 21.5 Å². The van der Waals surface area contributed by atoms with Crippen molar-refractivity contribution in [3.63, 3.8) is 0 Å². The van der Waals surface area contributed by atoms with Gasteiger partial charge < -0.3 is 0 Å². The molecule has 2 rings (SSSR count). The van der Waals surface area contributed by atoms with Crippen LogP contribution in [0.3, 0.4) is 0 Å². The van der Waals surface area contributed by atoms with Crippen molar-refractivity contribution in [2.24, 2.45) is 0 Å². The predicted molar refractivity (Wildman–Crippen MR) is 79.8 cm³/mol. The van der Waals surface area contributed by atoms with Gasteiger partial charge in [0.1, 0.15) is 0 Å². The van der Waals surface area contributed by atoms with Crippen LogP contribution in [0.1, 0.15) is 39.3 Å². The Kier molecular flexibility index (Phi) is 5.48. The molecule has 130 valence electrons. The van der Waals surface area contributed by atoms with E-state index in [9.17, 15) is 14.9 Å². The summed E-state index contributed by atoms with van der Waals surface area (Å²) in [6, 6.07) is 0. The summed E-state index contributed by atoms with van der Waals surface area (Å²) >= 11 is -0.556. The Labute approximate surface area is 145 Å². The number of hydrogen-bond acceptors (Lipinski definition) is 5. The molecule has 0 bridgehead atoms. The SMILES string of the molecule is Cc1c([N+](=O)[O-])cnn1[I-]C1CCCN(C(=O)OC(C)(C)C)C1. The predicted octanol–water partition coefficient (Wildman–Crippen LogP) is -0.649. The van der Waals surface area contributed by atoms with Gasteiger partial charge in [-0.1, -0.05) is 0 Å². The number of ether oxygens (including phenoxy) is 1. The number of nitrogens with zero attached hydrogens (tertiary/aromatic N) is 4. The van der Waals surface area contributed by atoms with E-state index in [-0.39, 0.29) is 11.8 Å². The Balaban J connectivity index is 1.99. The molecule has 0 radical (unpaired) electrons. The van der Waals surface area contributed by atoms with Crippen molar-refractivity contribution in [3.05, 3.63) is 22.0 Å². The van der Waals surface area contributed by atoms with E-state index < -0.39 is 32.0 Å². The van der Waals surface area contributed by atoms with Gasteiger partial charge in [-0.05, 0) is 0 Å². The first kappa shape index (κ1) is 18.0. The molecule has 1 saturated heterocycles. The quantitative estimate of drug-likeness (QED) is 0.272. The number of amides is 1.